The molecule has 0 radical (unpaired) electrons. The zero-order valence-electron chi connectivity index (χ0n) is 10.6. The van der Waals surface area contributed by atoms with E-state index in [9.17, 15) is 0 Å². The molecule has 1 aliphatic carbocycles. The van der Waals surface area contributed by atoms with Crippen LogP contribution in [0.3, 0.4) is 0 Å². The quantitative estimate of drug-likeness (QED) is 0.896. The number of nitrogens with two attached hydrogens (primary N) is 1. The van der Waals surface area contributed by atoms with E-state index in [2.05, 4.69) is 0 Å². The van der Waals surface area contributed by atoms with E-state index < -0.39 is 0 Å². The number of benzene rings is 1. The van der Waals surface area contributed by atoms with Gasteiger partial charge in [-0.15, -0.1) is 0 Å². The fraction of sp³-hybridized carbons (Fsp3) is 0.571. The fourth-order valence-corrected chi connectivity index (χ4v) is 3.24. The molecule has 1 aliphatic heterocycles. The molecule has 0 saturated heterocycles. The lowest BCUT2D eigenvalue weighted by atomic mass is 9.64. The summed E-state index contributed by atoms with van der Waals surface area (Å²) in [5.41, 5.74) is 8.13. The maximum absolute atomic E-state index is 6.51. The van der Waals surface area contributed by atoms with Crippen molar-refractivity contribution in [2.75, 3.05) is 19.8 Å². The van der Waals surface area contributed by atoms with Gasteiger partial charge >= 0.3 is 0 Å². The van der Waals surface area contributed by atoms with Crippen molar-refractivity contribution in [2.45, 2.75) is 31.6 Å². The van der Waals surface area contributed by atoms with E-state index in [0.717, 1.165) is 40.5 Å². The molecule has 0 unspecified atom stereocenters. The number of ether oxygens (including phenoxy) is 2. The summed E-state index contributed by atoms with van der Waals surface area (Å²) in [6, 6.07) is 2.04. The molecular formula is C14H18ClNO2. The summed E-state index contributed by atoms with van der Waals surface area (Å²) in [6.45, 7) is 3.82. The first kappa shape index (κ1) is 12.1. The summed E-state index contributed by atoms with van der Waals surface area (Å²) in [5.74, 6) is 1.61. The number of hydrogen-bond acceptors (Lipinski definition) is 3. The molecule has 1 fully saturated rings. The fourth-order valence-electron chi connectivity index (χ4n) is 2.90. The molecule has 0 atom stereocenters. The van der Waals surface area contributed by atoms with Crippen LogP contribution in [0, 0.1) is 6.92 Å². The van der Waals surface area contributed by atoms with E-state index >= 15 is 0 Å². The van der Waals surface area contributed by atoms with Gasteiger partial charge in [-0.05, 0) is 31.4 Å². The van der Waals surface area contributed by atoms with Crippen molar-refractivity contribution in [3.63, 3.8) is 0 Å². The van der Waals surface area contributed by atoms with Crippen LogP contribution in [0.4, 0.5) is 0 Å². The molecule has 98 valence electrons. The number of rotatable bonds is 2. The molecule has 3 rings (SSSR count). The molecule has 0 amide bonds. The summed E-state index contributed by atoms with van der Waals surface area (Å²) in [6.07, 6.45) is 3.45. The molecule has 0 spiro atoms. The predicted molar refractivity (Wildman–Crippen MR) is 71.8 cm³/mol. The average Bonchev–Trinajstić information content (AvgIpc) is 2.35. The van der Waals surface area contributed by atoms with Gasteiger partial charge in [0.15, 0.2) is 11.5 Å². The molecule has 2 aliphatic rings. The van der Waals surface area contributed by atoms with Gasteiger partial charge < -0.3 is 15.2 Å². The molecule has 0 bridgehead atoms. The highest BCUT2D eigenvalue weighted by Crippen LogP contribution is 2.50. The highest BCUT2D eigenvalue weighted by molar-refractivity contribution is 6.32. The summed E-state index contributed by atoms with van der Waals surface area (Å²) in [4.78, 5) is 0. The van der Waals surface area contributed by atoms with Gasteiger partial charge in [0.2, 0.25) is 0 Å². The lowest BCUT2D eigenvalue weighted by Crippen LogP contribution is -2.42. The molecule has 1 aromatic rings. The van der Waals surface area contributed by atoms with E-state index in [4.69, 9.17) is 26.8 Å². The average molecular weight is 268 g/mol. The third kappa shape index (κ3) is 1.61. The molecule has 18 heavy (non-hydrogen) atoms. The highest BCUT2D eigenvalue weighted by atomic mass is 35.5. The molecule has 2 N–H and O–H groups in total. The van der Waals surface area contributed by atoms with Crippen LogP contribution in [-0.4, -0.2) is 19.8 Å². The molecule has 3 nitrogen and oxygen atoms in total. The monoisotopic (exact) mass is 267 g/mol. The van der Waals surface area contributed by atoms with Crippen molar-refractivity contribution in [3.8, 4) is 11.5 Å². The van der Waals surface area contributed by atoms with Crippen LogP contribution in [0.1, 0.15) is 30.4 Å². The summed E-state index contributed by atoms with van der Waals surface area (Å²) in [7, 11) is 0. The van der Waals surface area contributed by atoms with Crippen molar-refractivity contribution in [2.24, 2.45) is 5.73 Å². The number of hydrogen-bond donors (Lipinski definition) is 1. The van der Waals surface area contributed by atoms with Gasteiger partial charge in [-0.25, -0.2) is 0 Å². The van der Waals surface area contributed by atoms with Crippen molar-refractivity contribution in [3.05, 3.63) is 22.2 Å². The third-order valence-corrected chi connectivity index (χ3v) is 4.75. The maximum atomic E-state index is 6.51. The van der Waals surface area contributed by atoms with Gasteiger partial charge in [-0.2, -0.15) is 0 Å². The smallest absolute Gasteiger partial charge is 0.165 e. The molecule has 1 saturated carbocycles. The standard InChI is InChI=1S/C14H18ClNO2/c1-9-12(15)10(14(8-16)3-2-4-14)7-11-13(9)18-6-5-17-11/h7H,2-6,8,16H2,1H3. The molecule has 0 aromatic heterocycles. The van der Waals surface area contributed by atoms with Crippen LogP contribution >= 0.6 is 11.6 Å². The van der Waals surface area contributed by atoms with Crippen molar-refractivity contribution in [1.29, 1.82) is 0 Å². The Hall–Kier alpha value is -0.930. The lowest BCUT2D eigenvalue weighted by molar-refractivity contribution is 0.169. The van der Waals surface area contributed by atoms with Gasteiger partial charge in [0.05, 0.1) is 5.02 Å². The first-order valence-electron chi connectivity index (χ1n) is 6.47. The first-order valence-corrected chi connectivity index (χ1v) is 6.85. The van der Waals surface area contributed by atoms with Crippen LogP contribution in [0.5, 0.6) is 11.5 Å². The summed E-state index contributed by atoms with van der Waals surface area (Å²) < 4.78 is 11.3. The Bertz CT molecular complexity index is 478. The highest BCUT2D eigenvalue weighted by Gasteiger charge is 2.40. The van der Waals surface area contributed by atoms with E-state index in [1.54, 1.807) is 0 Å². The normalized spacial score (nSPS) is 20.4. The van der Waals surface area contributed by atoms with E-state index in [1.807, 2.05) is 13.0 Å². The predicted octanol–water partition coefficient (Wildman–Crippen LogP) is 2.80. The summed E-state index contributed by atoms with van der Waals surface area (Å²) >= 11 is 6.51. The Morgan fingerprint density at radius 3 is 2.67 bits per heavy atom. The summed E-state index contributed by atoms with van der Waals surface area (Å²) in [5, 5.41) is 0.796. The second kappa shape index (κ2) is 4.32. The Kier molecular flexibility index (Phi) is 2.91. The van der Waals surface area contributed by atoms with Crippen molar-refractivity contribution < 1.29 is 9.47 Å². The molecule has 1 heterocycles. The lowest BCUT2D eigenvalue weighted by Gasteiger charge is -2.42. The Labute approximate surface area is 112 Å². The van der Waals surface area contributed by atoms with Crippen molar-refractivity contribution in [1.82, 2.24) is 0 Å². The van der Waals surface area contributed by atoms with Gasteiger partial charge in [-0.3, -0.25) is 0 Å². The Balaban J connectivity index is 2.13. The zero-order chi connectivity index (χ0) is 12.8. The largest absolute Gasteiger partial charge is 0.486 e. The van der Waals surface area contributed by atoms with Gasteiger partial charge in [-0.1, -0.05) is 18.0 Å². The Morgan fingerprint density at radius 2 is 2.06 bits per heavy atom. The van der Waals surface area contributed by atoms with Crippen LogP contribution in [0.25, 0.3) is 0 Å². The number of fused-ring (bicyclic) bond motifs is 1. The van der Waals surface area contributed by atoms with E-state index in [0.29, 0.717) is 19.8 Å². The first-order chi connectivity index (χ1) is 8.68. The van der Waals surface area contributed by atoms with Crippen LogP contribution in [-0.2, 0) is 5.41 Å². The van der Waals surface area contributed by atoms with Crippen LogP contribution < -0.4 is 15.2 Å². The van der Waals surface area contributed by atoms with Gasteiger partial charge in [0.1, 0.15) is 13.2 Å². The topological polar surface area (TPSA) is 44.5 Å². The van der Waals surface area contributed by atoms with E-state index in [1.165, 1.54) is 6.42 Å². The van der Waals surface area contributed by atoms with Gasteiger partial charge in [0.25, 0.3) is 0 Å². The second-order valence-electron chi connectivity index (χ2n) is 5.23. The van der Waals surface area contributed by atoms with Crippen LogP contribution in [0.15, 0.2) is 6.07 Å². The molecule has 4 heteroatoms. The van der Waals surface area contributed by atoms with Gasteiger partial charge in [0, 0.05) is 17.5 Å². The maximum Gasteiger partial charge on any atom is 0.165 e. The minimum atomic E-state index is 0.0533. The second-order valence-corrected chi connectivity index (χ2v) is 5.60. The molecule has 1 aromatic carbocycles. The zero-order valence-corrected chi connectivity index (χ0v) is 11.3. The Morgan fingerprint density at radius 1 is 1.33 bits per heavy atom. The third-order valence-electron chi connectivity index (χ3n) is 4.27. The van der Waals surface area contributed by atoms with Crippen LogP contribution in [0.2, 0.25) is 5.02 Å². The molecular weight excluding hydrogens is 250 g/mol. The minimum absolute atomic E-state index is 0.0533. The minimum Gasteiger partial charge on any atom is -0.486 e. The van der Waals surface area contributed by atoms with Crippen molar-refractivity contribution >= 4 is 11.6 Å². The van der Waals surface area contributed by atoms with E-state index in [-0.39, 0.29) is 5.41 Å². The SMILES string of the molecule is Cc1c(Cl)c(C2(CN)CCC2)cc2c1OCCO2. The number of halogens is 1.